The van der Waals surface area contributed by atoms with Gasteiger partial charge in [-0.2, -0.15) is 0 Å². The molecule has 3 aliphatic carbocycles. The largest absolute Gasteiger partial charge is 0.417 e. The Morgan fingerprint density at radius 3 is 2.00 bits per heavy atom. The lowest BCUT2D eigenvalue weighted by atomic mass is 9.49. The number of halogens is 2. The number of hydrogen-bond acceptors (Lipinski definition) is 3. The molecule has 0 aromatic rings. The van der Waals surface area contributed by atoms with Crippen LogP contribution >= 0.6 is 23.2 Å². The monoisotopic (exact) mass is 617 g/mol. The van der Waals surface area contributed by atoms with Crippen LogP contribution in [0.5, 0.6) is 0 Å². The maximum Gasteiger partial charge on any atom is 0.192 e. The molecule has 3 saturated carbocycles. The minimum Gasteiger partial charge on any atom is -0.417 e. The molecule has 0 bridgehead atoms. The smallest absolute Gasteiger partial charge is 0.192 e. The van der Waals surface area contributed by atoms with Gasteiger partial charge < -0.3 is 14.6 Å². The molecule has 3 nitrogen and oxygen atoms in total. The average molecular weight is 619 g/mol. The molecule has 2 N–H and O–H groups in total. The fraction of sp³-hybridized carbons (Fsp3) is 0.938. The van der Waals surface area contributed by atoms with Crippen molar-refractivity contribution in [1.29, 1.82) is 0 Å². The predicted molar refractivity (Wildman–Crippen MR) is 175 cm³/mol. The van der Waals surface area contributed by atoms with E-state index in [0.29, 0.717) is 34.3 Å². The number of hydrogen-bond donors (Lipinski definition) is 1. The summed E-state index contributed by atoms with van der Waals surface area (Å²) in [5.74, 6) is 2.12. The third kappa shape index (κ3) is 6.60. The van der Waals surface area contributed by atoms with Crippen LogP contribution in [0, 0.1) is 34.5 Å². The first-order valence-electron chi connectivity index (χ1n) is 15.7. The van der Waals surface area contributed by atoms with E-state index >= 15 is 0 Å². The molecule has 7 heteroatoms. The second-order valence-corrected chi connectivity index (χ2v) is 27.4. The molecule has 3 aliphatic rings. The Balaban J connectivity index is 1.93. The highest BCUT2D eigenvalue weighted by molar-refractivity contribution is 6.74. The molecule has 228 valence electrons. The summed E-state index contributed by atoms with van der Waals surface area (Å²) in [6.07, 6.45) is 8.30. The molecule has 0 aromatic heterocycles. The van der Waals surface area contributed by atoms with Crippen LogP contribution in [0.25, 0.3) is 0 Å². The van der Waals surface area contributed by atoms with Crippen molar-refractivity contribution >= 4 is 39.8 Å². The molecular formula is C32H61Cl2NO2Si2. The van der Waals surface area contributed by atoms with E-state index in [9.17, 15) is 0 Å². The van der Waals surface area contributed by atoms with Crippen molar-refractivity contribution in [3.05, 3.63) is 10.1 Å². The molecule has 0 radical (unpaired) electrons. The van der Waals surface area contributed by atoms with Crippen LogP contribution in [0.15, 0.2) is 10.1 Å². The quantitative estimate of drug-likeness (QED) is 0.289. The van der Waals surface area contributed by atoms with Gasteiger partial charge in [-0.15, -0.1) is 0 Å². The Kier molecular flexibility index (Phi) is 10.2. The first-order valence-corrected chi connectivity index (χ1v) is 22.2. The Hall–Kier alpha value is 0.634. The van der Waals surface area contributed by atoms with Crippen LogP contribution < -0.4 is 5.73 Å². The van der Waals surface area contributed by atoms with E-state index in [1.54, 1.807) is 0 Å². The normalized spacial score (nSPS) is 36.7. The number of fused-ring (bicyclic) bond motifs is 1. The van der Waals surface area contributed by atoms with Crippen molar-refractivity contribution in [1.82, 2.24) is 0 Å². The number of nitrogens with two attached hydrogens (primary N) is 1. The lowest BCUT2D eigenvalue weighted by molar-refractivity contribution is -0.0880. The van der Waals surface area contributed by atoms with Crippen LogP contribution in [0.4, 0.5) is 0 Å². The SMILES string of the molecule is CC(C)(C)[Si](C)(C)OC[C@H]1C[C@@H](O[Si](C)(C)C(C)(C)C)CC[C@]1(C)C1CC[C@]2(C)C(=C(Cl)Cl)CCC2[C@@H]1CN. The third-order valence-corrected chi connectivity index (χ3v) is 22.3. The summed E-state index contributed by atoms with van der Waals surface area (Å²) in [4.78, 5) is 0. The van der Waals surface area contributed by atoms with E-state index in [-0.39, 0.29) is 20.9 Å². The van der Waals surface area contributed by atoms with Gasteiger partial charge in [-0.1, -0.05) is 78.6 Å². The van der Waals surface area contributed by atoms with E-state index < -0.39 is 16.6 Å². The van der Waals surface area contributed by atoms with Crippen LogP contribution in [-0.2, 0) is 8.85 Å². The molecule has 39 heavy (non-hydrogen) atoms. The second-order valence-electron chi connectivity index (χ2n) is 16.9. The lowest BCUT2D eigenvalue weighted by Gasteiger charge is -2.57. The van der Waals surface area contributed by atoms with Gasteiger partial charge in [0.05, 0.1) is 0 Å². The third-order valence-electron chi connectivity index (χ3n) is 12.8. The molecule has 0 amide bonds. The standard InChI is InChI=1S/C32H61Cl2NO2Si2/c1-29(2,3)38(9,10)36-21-22-19-23(37-39(11,12)30(4,5)6)15-17-31(22,7)26-16-18-32(8)25(24(26)20-35)13-14-27(32)28(33)34/h22-26H,13-21,35H2,1-12H3/t22-,23+,24+,25?,26?,31+,32+/m1/s1. The molecule has 3 rings (SSSR count). The maximum absolute atomic E-state index is 7.07. The lowest BCUT2D eigenvalue weighted by Crippen LogP contribution is -2.55. The van der Waals surface area contributed by atoms with Gasteiger partial charge in [0, 0.05) is 12.7 Å². The minimum atomic E-state index is -1.87. The van der Waals surface area contributed by atoms with Crippen molar-refractivity contribution in [3.8, 4) is 0 Å². The highest BCUT2D eigenvalue weighted by Crippen LogP contribution is 2.64. The molecule has 0 spiro atoms. The Labute approximate surface area is 254 Å². The average Bonchev–Trinajstić information content (AvgIpc) is 3.14. The first kappa shape index (κ1) is 34.1. The number of allylic oxidation sites excluding steroid dienone is 1. The molecule has 0 saturated heterocycles. The Morgan fingerprint density at radius 1 is 0.897 bits per heavy atom. The van der Waals surface area contributed by atoms with Gasteiger partial charge in [0.2, 0.25) is 0 Å². The molecule has 3 fully saturated rings. The van der Waals surface area contributed by atoms with Gasteiger partial charge in [0.15, 0.2) is 16.6 Å². The van der Waals surface area contributed by atoms with E-state index in [1.807, 2.05) is 0 Å². The maximum atomic E-state index is 7.07. The molecular weight excluding hydrogens is 557 g/mol. The van der Waals surface area contributed by atoms with Crippen LogP contribution in [-0.4, -0.2) is 35.9 Å². The molecule has 2 unspecified atom stereocenters. The van der Waals surface area contributed by atoms with Crippen LogP contribution in [0.1, 0.15) is 100 Å². The van der Waals surface area contributed by atoms with E-state index in [1.165, 1.54) is 18.4 Å². The molecule has 0 aliphatic heterocycles. The minimum absolute atomic E-state index is 0.0888. The zero-order chi connectivity index (χ0) is 29.8. The summed E-state index contributed by atoms with van der Waals surface area (Å²) >= 11 is 12.9. The predicted octanol–water partition coefficient (Wildman–Crippen LogP) is 10.3. The summed E-state index contributed by atoms with van der Waals surface area (Å²) in [5, 5.41) is 0.422. The van der Waals surface area contributed by atoms with Crippen LogP contribution in [0.2, 0.25) is 36.3 Å². The second kappa shape index (κ2) is 11.6. The zero-order valence-corrected chi connectivity index (χ0v) is 30.9. The van der Waals surface area contributed by atoms with Gasteiger partial charge >= 0.3 is 0 Å². The Morgan fingerprint density at radius 2 is 1.49 bits per heavy atom. The Bertz CT molecular complexity index is 905. The van der Waals surface area contributed by atoms with E-state index in [0.717, 1.165) is 45.3 Å². The highest BCUT2D eigenvalue weighted by Gasteiger charge is 2.58. The summed E-state index contributed by atoms with van der Waals surface area (Å²) < 4.78 is 14.6. The summed E-state index contributed by atoms with van der Waals surface area (Å²) in [6.45, 7) is 30.3. The zero-order valence-electron chi connectivity index (χ0n) is 27.4. The van der Waals surface area contributed by atoms with Gasteiger partial charge in [0.25, 0.3) is 0 Å². The van der Waals surface area contributed by atoms with E-state index in [2.05, 4.69) is 81.6 Å². The van der Waals surface area contributed by atoms with E-state index in [4.69, 9.17) is 37.8 Å². The summed E-state index contributed by atoms with van der Waals surface area (Å²) in [7, 11) is -3.72. The van der Waals surface area contributed by atoms with Crippen molar-refractivity contribution < 1.29 is 8.85 Å². The van der Waals surface area contributed by atoms with Gasteiger partial charge in [-0.3, -0.25) is 0 Å². The van der Waals surface area contributed by atoms with Crippen molar-refractivity contribution in [2.45, 2.75) is 143 Å². The fourth-order valence-corrected chi connectivity index (χ4v) is 11.0. The van der Waals surface area contributed by atoms with Crippen molar-refractivity contribution in [2.24, 2.45) is 40.2 Å². The van der Waals surface area contributed by atoms with Crippen molar-refractivity contribution in [3.63, 3.8) is 0 Å². The topological polar surface area (TPSA) is 44.5 Å². The van der Waals surface area contributed by atoms with Crippen LogP contribution in [0.3, 0.4) is 0 Å². The van der Waals surface area contributed by atoms with Gasteiger partial charge in [-0.25, -0.2) is 0 Å². The molecule has 7 atom stereocenters. The summed E-state index contributed by atoms with van der Waals surface area (Å²) in [6, 6.07) is 0. The highest BCUT2D eigenvalue weighted by atomic mass is 35.5. The molecule has 0 heterocycles. The van der Waals surface area contributed by atoms with Gasteiger partial charge in [0.1, 0.15) is 4.49 Å². The van der Waals surface area contributed by atoms with Crippen molar-refractivity contribution in [2.75, 3.05) is 13.2 Å². The van der Waals surface area contributed by atoms with Gasteiger partial charge in [-0.05, 0) is 128 Å². The number of rotatable bonds is 7. The first-order chi connectivity index (χ1) is 17.6. The fourth-order valence-electron chi connectivity index (χ4n) is 7.91. The molecule has 0 aromatic carbocycles. The summed E-state index contributed by atoms with van der Waals surface area (Å²) in [5.41, 5.74) is 8.24.